The van der Waals surface area contributed by atoms with Gasteiger partial charge in [-0.15, -0.1) is 0 Å². The van der Waals surface area contributed by atoms with Gasteiger partial charge in [-0.3, -0.25) is 0 Å². The second kappa shape index (κ2) is 7.68. The van der Waals surface area contributed by atoms with Crippen molar-refractivity contribution in [3.63, 3.8) is 0 Å². The average molecular weight is 470 g/mol. The summed E-state index contributed by atoms with van der Waals surface area (Å²) in [5.74, 6) is -12.2. The van der Waals surface area contributed by atoms with E-state index in [0.29, 0.717) is 0 Å². The number of hydrogen-bond donors (Lipinski definition) is 2. The molecule has 0 amide bonds. The summed E-state index contributed by atoms with van der Waals surface area (Å²) in [4.78, 5) is 0. The van der Waals surface area contributed by atoms with Crippen molar-refractivity contribution in [3.8, 4) is 0 Å². The lowest BCUT2D eigenvalue weighted by molar-refractivity contribution is -0.352. The Hall–Kier alpha value is -2.00. The minimum Gasteiger partial charge on any atom is -0.356 e. The molecule has 16 heteroatoms. The zero-order chi connectivity index (χ0) is 23.1. The fourth-order valence-corrected chi connectivity index (χ4v) is 1.90. The molecule has 0 aliphatic carbocycles. The lowest BCUT2D eigenvalue weighted by Crippen LogP contribution is -2.57. The van der Waals surface area contributed by atoms with Crippen molar-refractivity contribution in [2.45, 2.75) is 30.4 Å². The van der Waals surface area contributed by atoms with Crippen molar-refractivity contribution in [3.05, 3.63) is 29.3 Å². The minimum atomic E-state index is -6.63. The van der Waals surface area contributed by atoms with Crippen molar-refractivity contribution in [1.82, 2.24) is 5.32 Å². The summed E-state index contributed by atoms with van der Waals surface area (Å²) in [7, 11) is 0. The molecular weight excluding hydrogens is 463 g/mol. The van der Waals surface area contributed by atoms with E-state index in [2.05, 4.69) is 12.2 Å². The van der Waals surface area contributed by atoms with Crippen molar-refractivity contribution in [2.75, 3.05) is 11.9 Å². The molecule has 0 atom stereocenters. The Morgan fingerprint density at radius 1 is 0.724 bits per heavy atom. The van der Waals surface area contributed by atoms with Crippen LogP contribution in [0.1, 0.15) is 11.1 Å². The van der Waals surface area contributed by atoms with Gasteiger partial charge in [-0.05, 0) is 30.4 Å². The van der Waals surface area contributed by atoms with Crippen LogP contribution in [0.2, 0.25) is 0 Å². The van der Waals surface area contributed by atoms with E-state index in [9.17, 15) is 57.1 Å². The quantitative estimate of drug-likeness (QED) is 0.427. The van der Waals surface area contributed by atoms with Gasteiger partial charge in [-0.1, -0.05) is 0 Å². The maximum Gasteiger partial charge on any atom is 0.459 e. The molecule has 0 saturated heterocycles. The van der Waals surface area contributed by atoms with E-state index in [1.807, 2.05) is 0 Å². The van der Waals surface area contributed by atoms with Crippen molar-refractivity contribution in [1.29, 1.82) is 0 Å². The summed E-state index contributed by atoms with van der Waals surface area (Å²) >= 11 is 4.25. The molecule has 2 N–H and O–H groups in total. The monoisotopic (exact) mass is 470 g/mol. The molecule has 0 unspecified atom stereocenters. The highest BCUT2D eigenvalue weighted by atomic mass is 32.1. The number of hydrogen-bond acceptors (Lipinski definition) is 1. The molecular formula is C13H7F13N2S. The van der Waals surface area contributed by atoms with Crippen molar-refractivity contribution < 1.29 is 57.1 Å². The number of rotatable bonds is 4. The van der Waals surface area contributed by atoms with E-state index in [1.54, 1.807) is 5.32 Å². The topological polar surface area (TPSA) is 24.1 Å². The van der Waals surface area contributed by atoms with E-state index in [4.69, 9.17) is 0 Å². The van der Waals surface area contributed by atoms with Crippen LogP contribution in [0.3, 0.4) is 0 Å². The van der Waals surface area contributed by atoms with Gasteiger partial charge in [0.1, 0.15) is 0 Å². The molecule has 0 bridgehead atoms. The molecule has 0 aliphatic rings. The zero-order valence-electron chi connectivity index (χ0n) is 13.3. The number of thiocarbonyl (C=S) groups is 1. The first-order valence-electron chi connectivity index (χ1n) is 6.85. The Kier molecular flexibility index (Phi) is 6.63. The second-order valence-electron chi connectivity index (χ2n) is 5.38. The number of alkyl halides is 13. The summed E-state index contributed by atoms with van der Waals surface area (Å²) in [6.45, 7) is -2.42. The van der Waals surface area contributed by atoms with Crippen LogP contribution in [0.5, 0.6) is 0 Å². The van der Waals surface area contributed by atoms with Crippen LogP contribution in [0.15, 0.2) is 18.2 Å². The summed E-state index contributed by atoms with van der Waals surface area (Å²) < 4.78 is 164. The lowest BCUT2D eigenvalue weighted by atomic mass is 10.1. The highest BCUT2D eigenvalue weighted by molar-refractivity contribution is 7.80. The van der Waals surface area contributed by atoms with Crippen LogP contribution < -0.4 is 10.6 Å². The predicted octanol–water partition coefficient (Wildman–Crippen LogP) is 5.84. The molecule has 2 nitrogen and oxygen atoms in total. The third-order valence-electron chi connectivity index (χ3n) is 3.13. The van der Waals surface area contributed by atoms with Crippen molar-refractivity contribution in [2.24, 2.45) is 0 Å². The Morgan fingerprint density at radius 2 is 1.14 bits per heavy atom. The van der Waals surface area contributed by atoms with Crippen LogP contribution in [-0.4, -0.2) is 29.7 Å². The van der Waals surface area contributed by atoms with Crippen LogP contribution in [-0.2, 0) is 12.4 Å². The van der Waals surface area contributed by atoms with Gasteiger partial charge in [0, 0.05) is 5.69 Å². The van der Waals surface area contributed by atoms with Gasteiger partial charge in [0.25, 0.3) is 0 Å². The largest absolute Gasteiger partial charge is 0.459 e. The van der Waals surface area contributed by atoms with Gasteiger partial charge in [0.05, 0.1) is 17.7 Å². The van der Waals surface area contributed by atoms with Gasteiger partial charge in [0.2, 0.25) is 0 Å². The van der Waals surface area contributed by atoms with E-state index in [0.717, 1.165) is 0 Å². The number of halogens is 13. The molecule has 1 aromatic rings. The molecule has 166 valence electrons. The predicted molar refractivity (Wildman–Crippen MR) is 76.6 cm³/mol. The fraction of sp³-hybridized carbons (Fsp3) is 0.462. The van der Waals surface area contributed by atoms with Gasteiger partial charge in [0.15, 0.2) is 5.11 Å². The SMILES string of the molecule is FC(F)(F)c1cc(NC(=S)NCC(F)(F)C(F)(F)C(F)(F)F)cc(C(F)(F)F)c1. The molecule has 1 rings (SSSR count). The maximum atomic E-state index is 13.1. The molecule has 1 aromatic carbocycles. The first-order chi connectivity index (χ1) is 12.7. The van der Waals surface area contributed by atoms with E-state index < -0.39 is 58.8 Å². The molecule has 0 aromatic heterocycles. The van der Waals surface area contributed by atoms with Gasteiger partial charge in [-0.25, -0.2) is 0 Å². The van der Waals surface area contributed by atoms with E-state index in [1.165, 1.54) is 5.32 Å². The number of anilines is 1. The summed E-state index contributed by atoms with van der Waals surface area (Å²) in [6.07, 6.45) is -17.1. The maximum absolute atomic E-state index is 13.1. The van der Waals surface area contributed by atoms with E-state index >= 15 is 0 Å². The summed E-state index contributed by atoms with van der Waals surface area (Å²) in [5.41, 5.74) is -4.66. The Morgan fingerprint density at radius 3 is 1.48 bits per heavy atom. The Balaban J connectivity index is 3.03. The number of nitrogens with one attached hydrogen (secondary N) is 2. The first kappa shape index (κ1) is 25.0. The van der Waals surface area contributed by atoms with Crippen LogP contribution >= 0.6 is 12.2 Å². The fourth-order valence-electron chi connectivity index (χ4n) is 1.71. The summed E-state index contributed by atoms with van der Waals surface area (Å²) in [5, 5.41) is 1.56. The average Bonchev–Trinajstić information content (AvgIpc) is 2.49. The minimum absolute atomic E-state index is 0.0890. The molecule has 0 aliphatic heterocycles. The molecule has 0 spiro atoms. The summed E-state index contributed by atoms with van der Waals surface area (Å²) in [6, 6.07) is -0.0863. The van der Waals surface area contributed by atoms with Crippen molar-refractivity contribution >= 4 is 23.0 Å². The smallest absolute Gasteiger partial charge is 0.356 e. The molecule has 0 radical (unpaired) electrons. The Labute approximate surface area is 158 Å². The first-order valence-corrected chi connectivity index (χ1v) is 7.26. The molecule has 0 heterocycles. The van der Waals surface area contributed by atoms with Gasteiger partial charge in [-0.2, -0.15) is 57.1 Å². The standard InChI is InChI=1S/C13H7F13N2S/c14-9(15,12(22,23)13(24,25)26)4-27-8(29)28-7-2-5(10(16,17)18)1-6(3-7)11(19,20)21/h1-3H,4H2,(H2,27,28,29). The third kappa shape index (κ3) is 5.99. The van der Waals surface area contributed by atoms with Crippen LogP contribution in [0.4, 0.5) is 62.8 Å². The van der Waals surface area contributed by atoms with Gasteiger partial charge >= 0.3 is 30.4 Å². The van der Waals surface area contributed by atoms with Crippen LogP contribution in [0, 0.1) is 0 Å². The lowest BCUT2D eigenvalue weighted by Gasteiger charge is -2.28. The molecule has 0 saturated carbocycles. The number of benzene rings is 1. The van der Waals surface area contributed by atoms with E-state index in [-0.39, 0.29) is 18.2 Å². The molecule has 29 heavy (non-hydrogen) atoms. The van der Waals surface area contributed by atoms with Gasteiger partial charge < -0.3 is 10.6 Å². The third-order valence-corrected chi connectivity index (χ3v) is 3.38. The zero-order valence-corrected chi connectivity index (χ0v) is 14.1. The molecule has 0 fully saturated rings. The van der Waals surface area contributed by atoms with Crippen LogP contribution in [0.25, 0.3) is 0 Å². The second-order valence-corrected chi connectivity index (χ2v) is 5.79. The highest BCUT2D eigenvalue weighted by Gasteiger charge is 2.72. The normalized spacial score (nSPS) is 14.0. The Bertz CT molecular complexity index is 716. The highest BCUT2D eigenvalue weighted by Crippen LogP contribution is 2.46.